The maximum absolute atomic E-state index is 12.9. The fraction of sp³-hybridized carbons (Fsp3) is 0.105. The van der Waals surface area contributed by atoms with Gasteiger partial charge in [-0.25, -0.2) is 16.8 Å². The van der Waals surface area contributed by atoms with Crippen LogP contribution in [0.5, 0.6) is 5.75 Å². The molecule has 0 spiro atoms. The fourth-order valence-corrected chi connectivity index (χ4v) is 7.42. The molecule has 0 radical (unpaired) electrons. The first-order valence-corrected chi connectivity index (χ1v) is 18.8. The first-order valence-electron chi connectivity index (χ1n) is 15.8. The van der Waals surface area contributed by atoms with Gasteiger partial charge in [-0.15, -0.1) is 5.11 Å². The minimum absolute atomic E-state index is 0. The van der Waals surface area contributed by atoms with Crippen LogP contribution in [0.2, 0.25) is 0 Å². The van der Waals surface area contributed by atoms with Gasteiger partial charge in [0.25, 0.3) is 0 Å². The molecule has 6 aromatic rings. The number of para-hydroxylation sites is 1. The number of anilines is 4. The molecule has 6 aromatic carbocycles. The van der Waals surface area contributed by atoms with Crippen LogP contribution in [0, 0.1) is 20.8 Å². The van der Waals surface area contributed by atoms with Gasteiger partial charge in [-0.05, 0) is 116 Å². The maximum atomic E-state index is 12.9. The Bertz CT molecular complexity index is 2500. The average Bonchev–Trinajstić information content (AvgIpc) is 3.09. The van der Waals surface area contributed by atoms with E-state index < -0.39 is 36.3 Å². The normalized spacial score (nSPS) is 11.7. The summed E-state index contributed by atoms with van der Waals surface area (Å²) in [5.74, 6) is -0.578. The van der Waals surface area contributed by atoms with Crippen LogP contribution in [0.4, 0.5) is 34.1 Å². The predicted molar refractivity (Wildman–Crippen MR) is 199 cm³/mol. The van der Waals surface area contributed by atoms with Gasteiger partial charge in [0, 0.05) is 16.8 Å². The Kier molecular flexibility index (Phi) is 11.7. The van der Waals surface area contributed by atoms with Gasteiger partial charge in [0.15, 0.2) is 15.6 Å². The van der Waals surface area contributed by atoms with E-state index in [9.17, 15) is 26.5 Å². The third-order valence-corrected chi connectivity index (χ3v) is 10.8. The van der Waals surface area contributed by atoms with Crippen molar-refractivity contribution >= 4 is 64.9 Å². The van der Waals surface area contributed by atoms with Crippen LogP contribution in [0.15, 0.2) is 135 Å². The van der Waals surface area contributed by atoms with Crippen LogP contribution >= 0.6 is 0 Å². The van der Waals surface area contributed by atoms with Gasteiger partial charge in [-0.3, -0.25) is 0 Å². The molecule has 6 rings (SSSR count). The number of nitrogens with one attached hydrogen (secondary N) is 3. The molecule has 0 aromatic heterocycles. The van der Waals surface area contributed by atoms with E-state index in [4.69, 9.17) is 0 Å². The van der Waals surface area contributed by atoms with Crippen LogP contribution in [0.1, 0.15) is 22.3 Å². The van der Waals surface area contributed by atoms with Crippen molar-refractivity contribution in [3.05, 3.63) is 138 Å². The summed E-state index contributed by atoms with van der Waals surface area (Å²) in [6, 6.07) is 32.8. The Labute approximate surface area is 324 Å². The molecular weight excluding hydrogens is 710 g/mol. The topological polar surface area (TPSA) is 172 Å². The van der Waals surface area contributed by atoms with E-state index in [1.54, 1.807) is 61.5 Å². The number of nitrogens with zero attached hydrogens (tertiary/aromatic N) is 2. The summed E-state index contributed by atoms with van der Waals surface area (Å²) in [6.07, 6.45) is 0. The predicted octanol–water partition coefficient (Wildman–Crippen LogP) is 5.95. The van der Waals surface area contributed by atoms with Gasteiger partial charge in [0.05, 0.1) is 32.6 Å². The van der Waals surface area contributed by atoms with Crippen LogP contribution in [0.25, 0.3) is 10.8 Å². The molecule has 0 amide bonds. The summed E-state index contributed by atoms with van der Waals surface area (Å²) in [6.45, 7) is 5.55. The van der Waals surface area contributed by atoms with Gasteiger partial charge in [0.2, 0.25) is 0 Å². The van der Waals surface area contributed by atoms with Crippen molar-refractivity contribution in [2.24, 2.45) is 10.2 Å². The van der Waals surface area contributed by atoms with Gasteiger partial charge in [-0.1, -0.05) is 48.0 Å². The van der Waals surface area contributed by atoms with E-state index >= 15 is 0 Å². The molecule has 0 unspecified atom stereocenters. The minimum Gasteiger partial charge on any atom is -0.744 e. The van der Waals surface area contributed by atoms with Crippen molar-refractivity contribution in [2.45, 2.75) is 36.3 Å². The standard InChI is InChI=1S/C38H35N5O6S2.Na/c1-24-9-11-27(12-10-24)23-50(45,46)32-16-13-30(14-17-32)40-41-34-19-26(3)35(20-25(34)2)42-43-37-36(51(47,48)49)22-28-21-31(15-18-33(28)38(37)44)39-29-7-5-4-6-8-29;/h4-22,39-41,44H,23H2,1-3H3,(H,47,48,49);/q;+1/p-1. The first-order chi connectivity index (χ1) is 24.3. The van der Waals surface area contributed by atoms with Gasteiger partial charge in [0.1, 0.15) is 15.8 Å². The summed E-state index contributed by atoms with van der Waals surface area (Å²) in [5.41, 5.74) is 12.1. The van der Waals surface area contributed by atoms with Crippen LogP contribution in [-0.4, -0.2) is 26.5 Å². The number of hydrogen-bond acceptors (Lipinski definition) is 11. The SMILES string of the molecule is Cc1ccc(CS(=O)(=O)c2ccc(NNc3cc(C)c(N=Nc4c(S(=O)(=O)[O-])cc5cc(Nc6ccccc6)ccc5c4O)cc3C)cc2)cc1.[Na+]. The number of phenolic OH excluding ortho intramolecular Hbond substituents is 1. The summed E-state index contributed by atoms with van der Waals surface area (Å²) >= 11 is 0. The zero-order valence-corrected chi connectivity index (χ0v) is 32.5. The quantitative estimate of drug-likeness (QED) is 0.0542. The monoisotopic (exact) mass is 743 g/mol. The van der Waals surface area contributed by atoms with Crippen molar-refractivity contribution in [3.63, 3.8) is 0 Å². The number of hydrazine groups is 1. The summed E-state index contributed by atoms with van der Waals surface area (Å²) in [4.78, 5) is -0.482. The largest absolute Gasteiger partial charge is 1.00 e. The van der Waals surface area contributed by atoms with Crippen molar-refractivity contribution < 1.29 is 56.1 Å². The first kappa shape index (κ1) is 38.5. The molecule has 0 bridgehead atoms. The number of fused-ring (bicyclic) bond motifs is 1. The van der Waals surface area contributed by atoms with Crippen molar-refractivity contribution in [1.29, 1.82) is 0 Å². The zero-order chi connectivity index (χ0) is 36.3. The third-order valence-electron chi connectivity index (χ3n) is 8.22. The summed E-state index contributed by atoms with van der Waals surface area (Å²) in [7, 11) is -8.57. The van der Waals surface area contributed by atoms with Crippen molar-refractivity contribution in [2.75, 3.05) is 16.2 Å². The number of azo groups is 1. The molecule has 0 atom stereocenters. The molecule has 0 saturated heterocycles. The number of aromatic hydroxyl groups is 1. The van der Waals surface area contributed by atoms with Gasteiger partial charge < -0.3 is 25.8 Å². The van der Waals surface area contributed by atoms with E-state index in [-0.39, 0.29) is 40.2 Å². The van der Waals surface area contributed by atoms with E-state index in [1.165, 1.54) is 6.07 Å². The van der Waals surface area contributed by atoms with E-state index in [2.05, 4.69) is 26.4 Å². The Morgan fingerprint density at radius 2 is 1.37 bits per heavy atom. The molecule has 0 aliphatic heterocycles. The Hall–Kier alpha value is -4.76. The molecule has 11 nitrogen and oxygen atoms in total. The zero-order valence-electron chi connectivity index (χ0n) is 28.9. The summed E-state index contributed by atoms with van der Waals surface area (Å²) < 4.78 is 62.8. The van der Waals surface area contributed by atoms with E-state index in [1.807, 2.05) is 68.4 Å². The third kappa shape index (κ3) is 8.99. The molecule has 0 saturated carbocycles. The smallest absolute Gasteiger partial charge is 0.744 e. The number of phenols is 1. The second kappa shape index (κ2) is 15.9. The van der Waals surface area contributed by atoms with E-state index in [0.717, 1.165) is 16.8 Å². The molecule has 0 aliphatic rings. The van der Waals surface area contributed by atoms with Crippen molar-refractivity contribution in [1.82, 2.24) is 0 Å². The molecule has 52 heavy (non-hydrogen) atoms. The van der Waals surface area contributed by atoms with Crippen LogP contribution < -0.4 is 45.7 Å². The minimum atomic E-state index is -5.05. The molecule has 14 heteroatoms. The number of benzene rings is 6. The molecular formula is C38H34N5NaO6S2. The molecule has 0 heterocycles. The van der Waals surface area contributed by atoms with Crippen LogP contribution in [0.3, 0.4) is 0 Å². The Morgan fingerprint density at radius 3 is 2.04 bits per heavy atom. The number of hydrogen-bond donors (Lipinski definition) is 4. The Morgan fingerprint density at radius 1 is 0.692 bits per heavy atom. The number of sulfone groups is 1. The number of aryl methyl sites for hydroxylation is 3. The van der Waals surface area contributed by atoms with Gasteiger partial charge in [-0.2, -0.15) is 5.11 Å². The van der Waals surface area contributed by atoms with Gasteiger partial charge >= 0.3 is 29.6 Å². The molecule has 0 aliphatic carbocycles. The maximum Gasteiger partial charge on any atom is 1.00 e. The summed E-state index contributed by atoms with van der Waals surface area (Å²) in [5, 5.41) is 23.2. The molecule has 4 N–H and O–H groups in total. The average molecular weight is 744 g/mol. The number of rotatable bonds is 11. The second-order valence-corrected chi connectivity index (χ2v) is 15.5. The Balaban J connectivity index is 0.00000523. The molecule has 0 fully saturated rings. The van der Waals surface area contributed by atoms with E-state index in [0.29, 0.717) is 44.6 Å². The van der Waals surface area contributed by atoms with Crippen LogP contribution in [-0.2, 0) is 25.7 Å². The fourth-order valence-electron chi connectivity index (χ4n) is 5.42. The second-order valence-electron chi connectivity index (χ2n) is 12.1. The molecule has 260 valence electrons. The van der Waals surface area contributed by atoms with Crippen molar-refractivity contribution in [3.8, 4) is 5.75 Å².